The molecule has 0 aliphatic rings. The molecule has 0 saturated carbocycles. The molecule has 0 aliphatic carbocycles. The maximum absolute atomic E-state index is 13.8. The van der Waals surface area contributed by atoms with E-state index < -0.39 is 29.4 Å². The maximum Gasteiger partial charge on any atom is 0.434 e. The lowest BCUT2D eigenvalue weighted by molar-refractivity contribution is -0.143. The molecule has 6 nitrogen and oxygen atoms in total. The van der Waals surface area contributed by atoms with Crippen molar-refractivity contribution in [2.75, 3.05) is 0 Å². The number of aromatic nitrogens is 4. The van der Waals surface area contributed by atoms with E-state index in [2.05, 4.69) is 20.4 Å². The van der Waals surface area contributed by atoms with Crippen LogP contribution in [-0.2, 0) is 6.18 Å². The minimum atomic E-state index is -4.80. The third-order valence-electron chi connectivity index (χ3n) is 4.52. The third-order valence-corrected chi connectivity index (χ3v) is 4.77. The summed E-state index contributed by atoms with van der Waals surface area (Å²) >= 11 is 5.80. The number of alkyl halides is 3. The number of nitrogens with one attached hydrogen (secondary N) is 2. The summed E-state index contributed by atoms with van der Waals surface area (Å²) in [6, 6.07) is 12.3. The van der Waals surface area contributed by atoms with Crippen LogP contribution in [0.4, 0.5) is 13.2 Å². The summed E-state index contributed by atoms with van der Waals surface area (Å²) in [4.78, 5) is 20.1. The van der Waals surface area contributed by atoms with Crippen LogP contribution in [0, 0.1) is 0 Å². The van der Waals surface area contributed by atoms with Crippen molar-refractivity contribution >= 4 is 28.5 Å². The fraction of sp³-hybridized carbons (Fsp3) is 0.150. The molecule has 2 aromatic carbocycles. The Morgan fingerprint density at radius 3 is 2.53 bits per heavy atom. The van der Waals surface area contributed by atoms with Gasteiger partial charge < -0.3 is 10.3 Å². The second kappa shape index (κ2) is 7.49. The summed E-state index contributed by atoms with van der Waals surface area (Å²) in [5.41, 5.74) is -0.157. The molecule has 0 bridgehead atoms. The van der Waals surface area contributed by atoms with Gasteiger partial charge in [0.2, 0.25) is 0 Å². The number of hydrogen-bond donors (Lipinski definition) is 2. The van der Waals surface area contributed by atoms with Gasteiger partial charge >= 0.3 is 6.18 Å². The minimum Gasteiger partial charge on any atom is -0.342 e. The number of amides is 1. The summed E-state index contributed by atoms with van der Waals surface area (Å²) in [7, 11) is 0. The zero-order valence-electron chi connectivity index (χ0n) is 15.5. The first-order chi connectivity index (χ1) is 14.2. The van der Waals surface area contributed by atoms with Crippen LogP contribution in [0.2, 0.25) is 5.02 Å². The number of hydrogen-bond acceptors (Lipinski definition) is 3. The number of rotatable bonds is 4. The van der Waals surface area contributed by atoms with Gasteiger partial charge in [0.15, 0.2) is 5.69 Å². The number of benzene rings is 2. The summed E-state index contributed by atoms with van der Waals surface area (Å²) < 4.78 is 42.0. The van der Waals surface area contributed by atoms with E-state index in [9.17, 15) is 18.0 Å². The molecule has 0 saturated heterocycles. The zero-order chi connectivity index (χ0) is 21.5. The van der Waals surface area contributed by atoms with Gasteiger partial charge in [-0.15, -0.1) is 0 Å². The molecule has 2 aromatic heterocycles. The molecule has 154 valence electrons. The Balaban J connectivity index is 1.65. The van der Waals surface area contributed by atoms with Gasteiger partial charge in [0, 0.05) is 5.02 Å². The Labute approximate surface area is 173 Å². The quantitative estimate of drug-likeness (QED) is 0.480. The van der Waals surface area contributed by atoms with Gasteiger partial charge in [-0.3, -0.25) is 4.79 Å². The van der Waals surface area contributed by atoms with Crippen LogP contribution in [-0.4, -0.2) is 25.7 Å². The standard InChI is InChI=1S/C20H15ClF3N5O/c1-11(18-27-15-4-2-3-5-16(15)28-18)26-19(30)14-10-25-29(17(14)20(22,23)24)13-8-6-12(21)7-9-13/h2-11H,1H3,(H,26,30)(H,27,28)/t11-/m0/s1. The molecule has 4 aromatic rings. The number of para-hydroxylation sites is 2. The van der Waals surface area contributed by atoms with Gasteiger partial charge in [-0.1, -0.05) is 23.7 Å². The minimum absolute atomic E-state index is 0.135. The Kier molecular flexibility index (Phi) is 4.98. The summed E-state index contributed by atoms with van der Waals surface area (Å²) in [6.07, 6.45) is -3.90. The molecular formula is C20H15ClF3N5O. The third kappa shape index (κ3) is 3.76. The number of fused-ring (bicyclic) bond motifs is 1. The van der Waals surface area contributed by atoms with E-state index >= 15 is 0 Å². The lowest BCUT2D eigenvalue weighted by Crippen LogP contribution is -2.29. The average Bonchev–Trinajstić information content (AvgIpc) is 3.33. The monoisotopic (exact) mass is 433 g/mol. The van der Waals surface area contributed by atoms with Crippen molar-refractivity contribution in [1.82, 2.24) is 25.1 Å². The van der Waals surface area contributed by atoms with E-state index in [1.807, 2.05) is 18.2 Å². The number of imidazole rings is 1. The van der Waals surface area contributed by atoms with E-state index in [0.29, 0.717) is 21.0 Å². The molecule has 2 N–H and O–H groups in total. The van der Waals surface area contributed by atoms with Crippen molar-refractivity contribution in [2.24, 2.45) is 0 Å². The van der Waals surface area contributed by atoms with Crippen molar-refractivity contribution in [3.8, 4) is 5.69 Å². The molecule has 0 spiro atoms. The molecule has 10 heteroatoms. The van der Waals surface area contributed by atoms with Crippen LogP contribution >= 0.6 is 11.6 Å². The Hall–Kier alpha value is -3.33. The highest BCUT2D eigenvalue weighted by molar-refractivity contribution is 6.30. The largest absolute Gasteiger partial charge is 0.434 e. The van der Waals surface area contributed by atoms with E-state index in [1.54, 1.807) is 13.0 Å². The number of aromatic amines is 1. The summed E-state index contributed by atoms with van der Waals surface area (Å²) in [6.45, 7) is 1.63. The highest BCUT2D eigenvalue weighted by Gasteiger charge is 2.40. The SMILES string of the molecule is C[C@H](NC(=O)c1cnn(-c2ccc(Cl)cc2)c1C(F)(F)F)c1nc2ccccc2[nH]1. The molecule has 1 atom stereocenters. The molecular weight excluding hydrogens is 419 g/mol. The van der Waals surface area contributed by atoms with Crippen molar-refractivity contribution < 1.29 is 18.0 Å². The number of carbonyl (C=O) groups is 1. The average molecular weight is 434 g/mol. The van der Waals surface area contributed by atoms with Gasteiger partial charge in [-0.25, -0.2) is 9.67 Å². The van der Waals surface area contributed by atoms with Crippen molar-refractivity contribution in [3.05, 3.63) is 76.8 Å². The van der Waals surface area contributed by atoms with E-state index in [0.717, 1.165) is 11.7 Å². The first-order valence-corrected chi connectivity index (χ1v) is 9.28. The fourth-order valence-electron chi connectivity index (χ4n) is 3.09. The Morgan fingerprint density at radius 1 is 1.17 bits per heavy atom. The van der Waals surface area contributed by atoms with Crippen molar-refractivity contribution in [1.29, 1.82) is 0 Å². The molecule has 30 heavy (non-hydrogen) atoms. The lowest BCUT2D eigenvalue weighted by Gasteiger charge is -2.14. The Morgan fingerprint density at radius 2 is 1.87 bits per heavy atom. The van der Waals surface area contributed by atoms with Crippen LogP contribution in [0.25, 0.3) is 16.7 Å². The van der Waals surface area contributed by atoms with Gasteiger partial charge in [0.1, 0.15) is 5.82 Å². The van der Waals surface area contributed by atoms with Crippen molar-refractivity contribution in [3.63, 3.8) is 0 Å². The van der Waals surface area contributed by atoms with Gasteiger partial charge in [-0.05, 0) is 43.3 Å². The number of carbonyl (C=O) groups excluding carboxylic acids is 1. The van der Waals surface area contributed by atoms with E-state index in [1.165, 1.54) is 24.3 Å². The molecule has 1 amide bonds. The molecule has 0 fully saturated rings. The normalized spacial score (nSPS) is 12.8. The van der Waals surface area contributed by atoms with Gasteiger partial charge in [0.25, 0.3) is 5.91 Å². The summed E-state index contributed by atoms with van der Waals surface area (Å²) in [5.74, 6) is -0.473. The number of nitrogens with zero attached hydrogens (tertiary/aromatic N) is 3. The van der Waals surface area contributed by atoms with E-state index in [4.69, 9.17) is 11.6 Å². The van der Waals surface area contributed by atoms with Crippen LogP contribution in [0.3, 0.4) is 0 Å². The number of halogens is 4. The molecule has 0 radical (unpaired) electrons. The first-order valence-electron chi connectivity index (χ1n) is 8.90. The molecule has 0 unspecified atom stereocenters. The zero-order valence-corrected chi connectivity index (χ0v) is 16.3. The van der Waals surface area contributed by atoms with Crippen LogP contribution in [0.5, 0.6) is 0 Å². The predicted octanol–water partition coefficient (Wildman–Crippen LogP) is 4.91. The second-order valence-corrected chi connectivity index (χ2v) is 7.06. The number of H-pyrrole nitrogens is 1. The first kappa shape index (κ1) is 20.0. The van der Waals surface area contributed by atoms with Crippen LogP contribution in [0.15, 0.2) is 54.7 Å². The Bertz CT molecular complexity index is 1180. The fourth-order valence-corrected chi connectivity index (χ4v) is 3.21. The molecule has 0 aliphatic heterocycles. The van der Waals surface area contributed by atoms with E-state index in [-0.39, 0.29) is 5.69 Å². The van der Waals surface area contributed by atoms with Crippen molar-refractivity contribution in [2.45, 2.75) is 19.1 Å². The lowest BCUT2D eigenvalue weighted by atomic mass is 10.2. The molecule has 2 heterocycles. The smallest absolute Gasteiger partial charge is 0.342 e. The van der Waals surface area contributed by atoms with Gasteiger partial charge in [-0.2, -0.15) is 18.3 Å². The van der Waals surface area contributed by atoms with Crippen LogP contribution in [0.1, 0.15) is 34.8 Å². The highest BCUT2D eigenvalue weighted by atomic mass is 35.5. The highest BCUT2D eigenvalue weighted by Crippen LogP contribution is 2.34. The van der Waals surface area contributed by atoms with Gasteiger partial charge in [0.05, 0.1) is 34.5 Å². The van der Waals surface area contributed by atoms with Crippen LogP contribution < -0.4 is 5.32 Å². The second-order valence-electron chi connectivity index (χ2n) is 6.63. The predicted molar refractivity (Wildman–Crippen MR) is 106 cm³/mol. The topological polar surface area (TPSA) is 75.6 Å². The maximum atomic E-state index is 13.8. The molecule has 4 rings (SSSR count). The summed E-state index contributed by atoms with van der Waals surface area (Å²) in [5, 5.41) is 6.71.